The van der Waals surface area contributed by atoms with Crippen LogP contribution in [0.25, 0.3) is 0 Å². The number of anilines is 1. The van der Waals surface area contributed by atoms with E-state index >= 15 is 0 Å². The number of hydrogen-bond acceptors (Lipinski definition) is 4. The van der Waals surface area contributed by atoms with Crippen molar-refractivity contribution >= 4 is 23.3 Å². The molecule has 2 aromatic carbocycles. The molecule has 0 saturated carbocycles. The topological polar surface area (TPSA) is 60.0 Å². The van der Waals surface area contributed by atoms with Crippen molar-refractivity contribution in [1.82, 2.24) is 4.90 Å². The van der Waals surface area contributed by atoms with Crippen molar-refractivity contribution in [2.24, 2.45) is 0 Å². The lowest BCUT2D eigenvalue weighted by atomic mass is 10.1. The number of nitrogens with one attached hydrogen (secondary N) is 1. The highest BCUT2D eigenvalue weighted by Crippen LogP contribution is 2.40. The Kier molecular flexibility index (Phi) is 6.36. The molecule has 0 aromatic heterocycles. The lowest BCUT2D eigenvalue weighted by Crippen LogP contribution is -2.31. The zero-order chi connectivity index (χ0) is 18.4. The number of rotatable bonds is 6. The summed E-state index contributed by atoms with van der Waals surface area (Å²) in [5.41, 5.74) is 1.42. The van der Waals surface area contributed by atoms with Crippen LogP contribution in [0.4, 0.5) is 10.5 Å². The molecule has 0 aliphatic carbocycles. The molecular weight excluding hydrogens is 344 g/mol. The smallest absolute Gasteiger partial charge is 0.321 e. The minimum Gasteiger partial charge on any atom is -0.493 e. The predicted molar refractivity (Wildman–Crippen MR) is 98.0 cm³/mol. The van der Waals surface area contributed by atoms with E-state index in [2.05, 4.69) is 5.32 Å². The molecule has 2 amide bonds. The first-order chi connectivity index (χ1) is 12.0. The molecule has 0 bridgehead atoms. The number of nitrogens with zero attached hydrogens (tertiary/aromatic N) is 1. The van der Waals surface area contributed by atoms with Crippen molar-refractivity contribution < 1.29 is 19.0 Å². The second kappa shape index (κ2) is 8.48. The Morgan fingerprint density at radius 1 is 1.08 bits per heavy atom. The molecule has 0 fully saturated rings. The molecule has 6 nitrogen and oxygen atoms in total. The van der Waals surface area contributed by atoms with Gasteiger partial charge in [-0.15, -0.1) is 0 Å². The maximum Gasteiger partial charge on any atom is 0.321 e. The van der Waals surface area contributed by atoms with E-state index in [9.17, 15) is 4.79 Å². The Bertz CT molecular complexity index is 752. The van der Waals surface area contributed by atoms with Crippen LogP contribution in [0.3, 0.4) is 0 Å². The van der Waals surface area contributed by atoms with Crippen LogP contribution in [0.2, 0.25) is 5.02 Å². The van der Waals surface area contributed by atoms with E-state index in [0.717, 1.165) is 5.56 Å². The quantitative estimate of drug-likeness (QED) is 0.840. The molecular formula is C18H21ClN2O4. The van der Waals surface area contributed by atoms with Gasteiger partial charge in [-0.3, -0.25) is 0 Å². The zero-order valence-electron chi connectivity index (χ0n) is 14.6. The van der Waals surface area contributed by atoms with Gasteiger partial charge in [-0.25, -0.2) is 4.79 Å². The van der Waals surface area contributed by atoms with Gasteiger partial charge in [0.05, 0.1) is 27.9 Å². The Labute approximate surface area is 152 Å². The minimum absolute atomic E-state index is 0.265. The molecule has 0 unspecified atom stereocenters. The maximum atomic E-state index is 12.4. The molecule has 2 aromatic rings. The van der Waals surface area contributed by atoms with Crippen LogP contribution >= 0.6 is 11.6 Å². The second-order valence-electron chi connectivity index (χ2n) is 5.29. The SMILES string of the molecule is COc1ccc(CN(C)C(=O)Nc2cccc(Cl)c2)c(OC)c1OC. The van der Waals surface area contributed by atoms with E-state index in [1.807, 2.05) is 6.07 Å². The molecule has 0 aliphatic rings. The molecule has 0 spiro atoms. The van der Waals surface area contributed by atoms with E-state index in [0.29, 0.717) is 34.5 Å². The van der Waals surface area contributed by atoms with Crippen LogP contribution in [0.5, 0.6) is 17.2 Å². The lowest BCUT2D eigenvalue weighted by molar-refractivity contribution is 0.220. The standard InChI is InChI=1S/C18H21ClN2O4/c1-21(18(22)20-14-7-5-6-13(19)10-14)11-12-8-9-15(23-2)17(25-4)16(12)24-3/h5-10H,11H2,1-4H3,(H,20,22). The van der Waals surface area contributed by atoms with Crippen molar-refractivity contribution in [1.29, 1.82) is 0 Å². The summed E-state index contributed by atoms with van der Waals surface area (Å²) in [6.45, 7) is 0.329. The first-order valence-corrected chi connectivity index (χ1v) is 7.93. The van der Waals surface area contributed by atoms with Crippen molar-refractivity contribution in [3.8, 4) is 17.2 Å². The second-order valence-corrected chi connectivity index (χ2v) is 5.73. The Balaban J connectivity index is 2.16. The number of urea groups is 1. The predicted octanol–water partition coefficient (Wildman–Crippen LogP) is 4.03. The van der Waals surface area contributed by atoms with Crippen molar-refractivity contribution in [3.63, 3.8) is 0 Å². The third kappa shape index (κ3) is 4.48. The van der Waals surface area contributed by atoms with Gasteiger partial charge in [-0.1, -0.05) is 17.7 Å². The van der Waals surface area contributed by atoms with Crippen molar-refractivity contribution in [2.75, 3.05) is 33.7 Å². The van der Waals surface area contributed by atoms with E-state index in [4.69, 9.17) is 25.8 Å². The van der Waals surface area contributed by atoms with Crippen LogP contribution in [0.1, 0.15) is 5.56 Å². The van der Waals surface area contributed by atoms with Crippen LogP contribution < -0.4 is 19.5 Å². The Morgan fingerprint density at radius 3 is 2.40 bits per heavy atom. The molecule has 134 valence electrons. The molecule has 0 aliphatic heterocycles. The first kappa shape index (κ1) is 18.7. The number of benzene rings is 2. The molecule has 1 N–H and O–H groups in total. The highest BCUT2D eigenvalue weighted by atomic mass is 35.5. The van der Waals surface area contributed by atoms with E-state index in [1.165, 1.54) is 4.90 Å². The third-order valence-electron chi connectivity index (χ3n) is 3.62. The number of amides is 2. The van der Waals surface area contributed by atoms with Gasteiger partial charge < -0.3 is 24.4 Å². The normalized spacial score (nSPS) is 10.1. The van der Waals surface area contributed by atoms with Gasteiger partial charge in [0.25, 0.3) is 0 Å². The molecule has 0 atom stereocenters. The zero-order valence-corrected chi connectivity index (χ0v) is 15.4. The van der Waals surface area contributed by atoms with Gasteiger partial charge >= 0.3 is 6.03 Å². The van der Waals surface area contributed by atoms with Crippen LogP contribution in [0, 0.1) is 0 Å². The number of ether oxygens (including phenoxy) is 3. The fourth-order valence-corrected chi connectivity index (χ4v) is 2.59. The summed E-state index contributed by atoms with van der Waals surface area (Å²) in [6, 6.07) is 10.3. The number of carbonyl (C=O) groups excluding carboxylic acids is 1. The summed E-state index contributed by atoms with van der Waals surface area (Å²) < 4.78 is 16.1. The molecule has 0 heterocycles. The summed E-state index contributed by atoms with van der Waals surface area (Å²) >= 11 is 5.93. The molecule has 25 heavy (non-hydrogen) atoms. The van der Waals surface area contributed by atoms with E-state index in [1.54, 1.807) is 58.7 Å². The van der Waals surface area contributed by atoms with Gasteiger partial charge in [-0.2, -0.15) is 0 Å². The average molecular weight is 365 g/mol. The van der Waals surface area contributed by atoms with E-state index in [-0.39, 0.29) is 6.03 Å². The monoisotopic (exact) mass is 364 g/mol. The summed E-state index contributed by atoms with van der Waals surface area (Å²) in [6.07, 6.45) is 0. The van der Waals surface area contributed by atoms with Crippen molar-refractivity contribution in [2.45, 2.75) is 6.54 Å². The van der Waals surface area contributed by atoms with Gasteiger partial charge in [0.2, 0.25) is 5.75 Å². The largest absolute Gasteiger partial charge is 0.493 e. The Morgan fingerprint density at radius 2 is 1.80 bits per heavy atom. The van der Waals surface area contributed by atoms with Crippen LogP contribution in [0.15, 0.2) is 36.4 Å². The summed E-state index contributed by atoms with van der Waals surface area (Å²) in [7, 11) is 6.34. The average Bonchev–Trinajstić information content (AvgIpc) is 2.60. The Hall–Kier alpha value is -2.60. The minimum atomic E-state index is -0.265. The van der Waals surface area contributed by atoms with Gasteiger partial charge in [0.15, 0.2) is 11.5 Å². The highest BCUT2D eigenvalue weighted by Gasteiger charge is 2.18. The molecule has 0 radical (unpaired) electrons. The fraction of sp³-hybridized carbons (Fsp3) is 0.278. The maximum absolute atomic E-state index is 12.4. The highest BCUT2D eigenvalue weighted by molar-refractivity contribution is 6.30. The van der Waals surface area contributed by atoms with Gasteiger partial charge in [0, 0.05) is 23.3 Å². The van der Waals surface area contributed by atoms with Crippen LogP contribution in [-0.4, -0.2) is 39.3 Å². The van der Waals surface area contributed by atoms with Crippen LogP contribution in [-0.2, 0) is 6.54 Å². The van der Waals surface area contributed by atoms with E-state index < -0.39 is 0 Å². The first-order valence-electron chi connectivity index (χ1n) is 7.55. The summed E-state index contributed by atoms with van der Waals surface area (Å²) in [4.78, 5) is 13.9. The molecule has 2 rings (SSSR count). The fourth-order valence-electron chi connectivity index (χ4n) is 2.40. The number of carbonyl (C=O) groups is 1. The summed E-state index contributed by atoms with van der Waals surface area (Å²) in [5.74, 6) is 1.59. The molecule has 0 saturated heterocycles. The lowest BCUT2D eigenvalue weighted by Gasteiger charge is -2.21. The number of halogens is 1. The number of methoxy groups -OCH3 is 3. The van der Waals surface area contributed by atoms with Crippen molar-refractivity contribution in [3.05, 3.63) is 47.0 Å². The molecule has 7 heteroatoms. The van der Waals surface area contributed by atoms with Gasteiger partial charge in [-0.05, 0) is 30.3 Å². The third-order valence-corrected chi connectivity index (χ3v) is 3.85. The summed E-state index contributed by atoms with van der Waals surface area (Å²) in [5, 5.41) is 3.35. The number of hydrogen-bond donors (Lipinski definition) is 1. The van der Waals surface area contributed by atoms with Gasteiger partial charge in [0.1, 0.15) is 0 Å².